The maximum atomic E-state index is 13.4. The van der Waals surface area contributed by atoms with Crippen molar-refractivity contribution in [1.29, 1.82) is 0 Å². The second-order valence-electron chi connectivity index (χ2n) is 7.58. The molecular formula is C25H21FN2O6S. The summed E-state index contributed by atoms with van der Waals surface area (Å²) in [4.78, 5) is 44.5. The molecule has 10 heteroatoms. The number of rotatable bonds is 6. The van der Waals surface area contributed by atoms with Crippen LogP contribution < -0.4 is 9.64 Å². The third-order valence-corrected chi connectivity index (χ3v) is 6.58. The number of benzene rings is 2. The van der Waals surface area contributed by atoms with Gasteiger partial charge in [-0.1, -0.05) is 23.5 Å². The number of halogens is 1. The number of aromatic nitrogens is 1. The normalized spacial score (nSPS) is 17.0. The van der Waals surface area contributed by atoms with E-state index < -0.39 is 35.3 Å². The number of Topliss-reactive ketones (excluding diaryl/α,β-unsaturated/α-hetero) is 1. The lowest BCUT2D eigenvalue weighted by Crippen LogP contribution is -2.29. The summed E-state index contributed by atoms with van der Waals surface area (Å²) in [5, 5.41) is 11.2. The van der Waals surface area contributed by atoms with E-state index in [4.69, 9.17) is 9.47 Å². The van der Waals surface area contributed by atoms with E-state index in [0.717, 1.165) is 28.4 Å². The van der Waals surface area contributed by atoms with Gasteiger partial charge in [0.05, 0.1) is 31.0 Å². The average Bonchev–Trinajstić information content (AvgIpc) is 3.36. The molecule has 0 spiro atoms. The van der Waals surface area contributed by atoms with Crippen LogP contribution in [0.4, 0.5) is 9.52 Å². The van der Waals surface area contributed by atoms with Crippen LogP contribution in [0.3, 0.4) is 0 Å². The number of hydrogen-bond donors (Lipinski definition) is 1. The van der Waals surface area contributed by atoms with Gasteiger partial charge >= 0.3 is 11.9 Å². The van der Waals surface area contributed by atoms with Crippen molar-refractivity contribution in [2.75, 3.05) is 18.6 Å². The number of esters is 1. The van der Waals surface area contributed by atoms with Crippen molar-refractivity contribution in [3.05, 3.63) is 81.6 Å². The van der Waals surface area contributed by atoms with Gasteiger partial charge in [0.1, 0.15) is 22.2 Å². The van der Waals surface area contributed by atoms with Crippen LogP contribution in [-0.2, 0) is 14.3 Å². The van der Waals surface area contributed by atoms with Crippen LogP contribution in [0.5, 0.6) is 5.75 Å². The minimum atomic E-state index is -1.05. The highest BCUT2D eigenvalue weighted by Gasteiger charge is 2.48. The van der Waals surface area contributed by atoms with E-state index in [9.17, 15) is 23.9 Å². The molecule has 4 rings (SSSR count). The fourth-order valence-corrected chi connectivity index (χ4v) is 4.75. The molecule has 0 unspecified atom stereocenters. The number of aryl methyl sites for hydroxylation is 1. The van der Waals surface area contributed by atoms with Gasteiger partial charge in [-0.2, -0.15) is 0 Å². The molecule has 2 aromatic carbocycles. The largest absolute Gasteiger partial charge is 0.507 e. The summed E-state index contributed by atoms with van der Waals surface area (Å²) in [6.45, 7) is 3.44. The Morgan fingerprint density at radius 2 is 1.80 bits per heavy atom. The predicted molar refractivity (Wildman–Crippen MR) is 127 cm³/mol. The van der Waals surface area contributed by atoms with Gasteiger partial charge in [0.15, 0.2) is 5.13 Å². The Morgan fingerprint density at radius 1 is 1.14 bits per heavy atom. The molecule has 1 saturated heterocycles. The van der Waals surface area contributed by atoms with E-state index in [-0.39, 0.29) is 27.8 Å². The fraction of sp³-hybridized carbons (Fsp3) is 0.200. The summed E-state index contributed by atoms with van der Waals surface area (Å²) in [7, 11) is 1.50. The Bertz CT molecular complexity index is 1330. The zero-order chi connectivity index (χ0) is 25.3. The number of nitrogens with zero attached hydrogens (tertiary/aromatic N) is 2. The number of thiazole rings is 1. The lowest BCUT2D eigenvalue weighted by Gasteiger charge is -2.23. The predicted octanol–water partition coefficient (Wildman–Crippen LogP) is 4.40. The van der Waals surface area contributed by atoms with E-state index in [1.54, 1.807) is 38.1 Å². The van der Waals surface area contributed by atoms with Gasteiger partial charge in [-0.3, -0.25) is 14.5 Å². The molecule has 0 bridgehead atoms. The van der Waals surface area contributed by atoms with Crippen molar-refractivity contribution in [2.24, 2.45) is 0 Å². The van der Waals surface area contributed by atoms with E-state index in [1.807, 2.05) is 0 Å². The summed E-state index contributed by atoms with van der Waals surface area (Å²) < 4.78 is 23.7. The summed E-state index contributed by atoms with van der Waals surface area (Å²) in [6, 6.07) is 10.5. The van der Waals surface area contributed by atoms with Gasteiger partial charge in [-0.15, -0.1) is 0 Å². The van der Waals surface area contributed by atoms with Crippen LogP contribution in [0, 0.1) is 12.7 Å². The number of aliphatic hydroxyl groups is 1. The van der Waals surface area contributed by atoms with Crippen molar-refractivity contribution in [3.63, 3.8) is 0 Å². The van der Waals surface area contributed by atoms with Crippen LogP contribution in [0.15, 0.2) is 54.1 Å². The molecule has 1 amide bonds. The summed E-state index contributed by atoms with van der Waals surface area (Å²) in [6.07, 6.45) is 0. The number of carbonyl (C=O) groups excluding carboxylic acids is 3. The summed E-state index contributed by atoms with van der Waals surface area (Å²) >= 11 is 0.917. The molecule has 1 aliphatic heterocycles. The van der Waals surface area contributed by atoms with Gasteiger partial charge in [0, 0.05) is 5.56 Å². The topological polar surface area (TPSA) is 106 Å². The fourth-order valence-electron chi connectivity index (χ4n) is 3.77. The van der Waals surface area contributed by atoms with Crippen LogP contribution in [0.25, 0.3) is 5.76 Å². The first-order chi connectivity index (χ1) is 16.8. The van der Waals surface area contributed by atoms with Gasteiger partial charge in [0.2, 0.25) is 0 Å². The number of aliphatic hydroxyl groups excluding tert-OH is 1. The number of ether oxygens (including phenoxy) is 2. The van der Waals surface area contributed by atoms with Crippen molar-refractivity contribution in [3.8, 4) is 5.75 Å². The number of carbonyl (C=O) groups is 3. The highest BCUT2D eigenvalue weighted by Crippen LogP contribution is 2.44. The van der Waals surface area contributed by atoms with Crippen LogP contribution in [0.1, 0.15) is 39.5 Å². The van der Waals surface area contributed by atoms with Crippen molar-refractivity contribution in [2.45, 2.75) is 19.9 Å². The standard InChI is InChI=1S/C25H21FN2O6S/c1-4-34-24(32)22-13(2)27-25(35-22)28-19(14-7-11-17(33-3)12-8-14)18(21(30)23(28)31)20(29)15-5-9-16(26)10-6-15/h5-12,19,29H,4H2,1-3H3/b20-18+/t19-/m0/s1. The van der Waals surface area contributed by atoms with Gasteiger partial charge < -0.3 is 14.6 Å². The zero-order valence-corrected chi connectivity index (χ0v) is 19.9. The van der Waals surface area contributed by atoms with E-state index in [0.29, 0.717) is 17.0 Å². The Kier molecular flexibility index (Phi) is 6.65. The highest BCUT2D eigenvalue weighted by atomic mass is 32.1. The third kappa shape index (κ3) is 4.40. The molecule has 180 valence electrons. The molecule has 1 aromatic heterocycles. The van der Waals surface area contributed by atoms with E-state index in [2.05, 4.69) is 4.98 Å². The lowest BCUT2D eigenvalue weighted by atomic mass is 9.95. The molecule has 1 N–H and O–H groups in total. The smallest absolute Gasteiger partial charge is 0.350 e. The maximum absolute atomic E-state index is 13.4. The maximum Gasteiger partial charge on any atom is 0.350 e. The van der Waals surface area contributed by atoms with Crippen LogP contribution >= 0.6 is 11.3 Å². The average molecular weight is 497 g/mol. The SMILES string of the molecule is CCOC(=O)c1sc(N2C(=O)C(=O)/C(=C(/O)c3ccc(F)cc3)[C@@H]2c2ccc(OC)cc2)nc1C. The highest BCUT2D eigenvalue weighted by molar-refractivity contribution is 7.17. The molecular weight excluding hydrogens is 475 g/mol. The quantitative estimate of drug-likeness (QED) is 0.233. The molecule has 1 aliphatic rings. The second-order valence-corrected chi connectivity index (χ2v) is 8.56. The molecule has 2 heterocycles. The zero-order valence-electron chi connectivity index (χ0n) is 19.1. The molecule has 0 radical (unpaired) electrons. The van der Waals surface area contributed by atoms with Gasteiger partial charge in [-0.25, -0.2) is 14.2 Å². The minimum absolute atomic E-state index is 0.103. The number of anilines is 1. The first-order valence-electron chi connectivity index (χ1n) is 10.6. The Balaban J connectivity index is 1.90. The lowest BCUT2D eigenvalue weighted by molar-refractivity contribution is -0.132. The monoisotopic (exact) mass is 496 g/mol. The molecule has 35 heavy (non-hydrogen) atoms. The first kappa shape index (κ1) is 24.1. The number of hydrogen-bond acceptors (Lipinski definition) is 8. The molecule has 1 fully saturated rings. The second kappa shape index (κ2) is 9.67. The number of methoxy groups -OCH3 is 1. The van der Waals surface area contributed by atoms with Crippen LogP contribution in [-0.4, -0.2) is 41.5 Å². The Morgan fingerprint density at radius 3 is 2.40 bits per heavy atom. The first-order valence-corrected chi connectivity index (χ1v) is 11.4. The van der Waals surface area contributed by atoms with Crippen LogP contribution in [0.2, 0.25) is 0 Å². The molecule has 3 aromatic rings. The third-order valence-electron chi connectivity index (χ3n) is 5.45. The Hall–Kier alpha value is -4.05. The van der Waals surface area contributed by atoms with E-state index in [1.165, 1.54) is 19.2 Å². The van der Waals surface area contributed by atoms with Crippen molar-refractivity contribution < 1.29 is 33.4 Å². The van der Waals surface area contributed by atoms with Gasteiger partial charge in [-0.05, 0) is 55.8 Å². The Labute approximate surface area is 204 Å². The molecule has 8 nitrogen and oxygen atoms in total. The number of ketones is 1. The van der Waals surface area contributed by atoms with E-state index >= 15 is 0 Å². The molecule has 1 atom stereocenters. The van der Waals surface area contributed by atoms with Crippen molar-refractivity contribution in [1.82, 2.24) is 4.98 Å². The molecule has 0 aliphatic carbocycles. The molecule has 0 saturated carbocycles. The minimum Gasteiger partial charge on any atom is -0.507 e. The van der Waals surface area contributed by atoms with Gasteiger partial charge in [0.25, 0.3) is 5.78 Å². The summed E-state index contributed by atoms with van der Waals surface area (Å²) in [5.41, 5.74) is 0.833. The summed E-state index contributed by atoms with van der Waals surface area (Å²) in [5.74, 6) is -2.85. The number of amides is 1. The van der Waals surface area contributed by atoms with Crippen molar-refractivity contribution >= 4 is 39.9 Å².